The summed E-state index contributed by atoms with van der Waals surface area (Å²) in [4.78, 5) is 30.4. The van der Waals surface area contributed by atoms with Gasteiger partial charge in [0.1, 0.15) is 16.7 Å². The Morgan fingerprint density at radius 2 is 1.92 bits per heavy atom. The van der Waals surface area contributed by atoms with E-state index in [1.165, 1.54) is 31.0 Å². The van der Waals surface area contributed by atoms with Crippen molar-refractivity contribution in [2.75, 3.05) is 5.75 Å². The summed E-state index contributed by atoms with van der Waals surface area (Å²) in [5.41, 5.74) is 0.335. The van der Waals surface area contributed by atoms with Crippen LogP contribution in [0.3, 0.4) is 0 Å². The smallest absolute Gasteiger partial charge is 0.346 e. The molecule has 4 bridgehead atoms. The summed E-state index contributed by atoms with van der Waals surface area (Å²) in [6.07, 6.45) is 7.35. The number of aryl methyl sites for hydroxylation is 1. The summed E-state index contributed by atoms with van der Waals surface area (Å²) in [6.45, 7) is 1.67. The second kappa shape index (κ2) is 6.17. The van der Waals surface area contributed by atoms with Crippen LogP contribution in [0, 0.1) is 36.0 Å². The van der Waals surface area contributed by atoms with Crippen LogP contribution in [0.25, 0.3) is 0 Å². The third kappa shape index (κ3) is 3.20. The Bertz CT molecular complexity index is 775. The third-order valence-electron chi connectivity index (χ3n) is 5.98. The zero-order valence-electron chi connectivity index (χ0n) is 14.3. The maximum atomic E-state index is 12.5. The molecule has 4 fully saturated rings. The van der Waals surface area contributed by atoms with Gasteiger partial charge in [-0.3, -0.25) is 4.79 Å². The number of carbonyl (C=O) groups excluding carboxylic acids is 1. The van der Waals surface area contributed by atoms with Gasteiger partial charge in [0, 0.05) is 11.2 Å². The molecule has 1 heterocycles. The van der Waals surface area contributed by atoms with Gasteiger partial charge in [-0.05, 0) is 63.2 Å². The number of hydrogen-bond donors (Lipinski definition) is 2. The van der Waals surface area contributed by atoms with Crippen LogP contribution in [0.2, 0.25) is 0 Å². The van der Waals surface area contributed by atoms with Gasteiger partial charge in [0.05, 0.1) is 5.75 Å². The van der Waals surface area contributed by atoms with E-state index in [0.29, 0.717) is 16.3 Å². The first-order chi connectivity index (χ1) is 12.0. The molecule has 25 heavy (non-hydrogen) atoms. The Labute approximate surface area is 150 Å². The Hall–Kier alpha value is -1.81. The number of aromatic amines is 1. The Kier molecular flexibility index (Phi) is 4.11. The summed E-state index contributed by atoms with van der Waals surface area (Å²) in [5.74, 6) is 2.51. The third-order valence-corrected chi connectivity index (χ3v) is 6.96. The van der Waals surface area contributed by atoms with Crippen LogP contribution in [-0.4, -0.2) is 27.2 Å². The van der Waals surface area contributed by atoms with Crippen molar-refractivity contribution in [3.05, 3.63) is 21.7 Å². The number of aromatic nitrogens is 2. The Morgan fingerprint density at radius 3 is 2.48 bits per heavy atom. The Balaban J connectivity index is 1.42. The molecule has 0 aromatic carbocycles. The van der Waals surface area contributed by atoms with E-state index in [0.717, 1.165) is 37.0 Å². The normalized spacial score (nSPS) is 32.4. The molecule has 4 aliphatic rings. The first kappa shape index (κ1) is 16.6. The van der Waals surface area contributed by atoms with Crippen LogP contribution >= 0.6 is 11.8 Å². The molecule has 1 amide bonds. The van der Waals surface area contributed by atoms with Crippen LogP contribution < -0.4 is 11.0 Å². The van der Waals surface area contributed by atoms with Gasteiger partial charge in [-0.2, -0.15) is 10.2 Å². The lowest BCUT2D eigenvalue weighted by Gasteiger charge is -2.56. The topological polar surface area (TPSA) is 98.6 Å². The van der Waals surface area contributed by atoms with Crippen LogP contribution in [0.5, 0.6) is 0 Å². The van der Waals surface area contributed by atoms with Gasteiger partial charge in [0.15, 0.2) is 0 Å². The van der Waals surface area contributed by atoms with E-state index < -0.39 is 5.69 Å². The van der Waals surface area contributed by atoms with Gasteiger partial charge in [-0.1, -0.05) is 11.8 Å². The second-order valence-electron chi connectivity index (χ2n) is 7.99. The maximum Gasteiger partial charge on any atom is 0.346 e. The lowest BCUT2D eigenvalue weighted by molar-refractivity contribution is -0.124. The molecule has 0 saturated heterocycles. The fourth-order valence-corrected chi connectivity index (χ4v) is 6.36. The average molecular weight is 358 g/mol. The number of nitrogens with zero attached hydrogens (tertiary/aromatic N) is 2. The number of thioether (sulfide) groups is 1. The minimum atomic E-state index is -0.486. The number of amides is 1. The van der Waals surface area contributed by atoms with Crippen molar-refractivity contribution in [2.24, 2.45) is 17.8 Å². The predicted octanol–water partition coefficient (Wildman–Crippen LogP) is 2.13. The van der Waals surface area contributed by atoms with Gasteiger partial charge in [-0.25, -0.2) is 4.79 Å². The number of nitrogens with one attached hydrogen (secondary N) is 2. The molecule has 1 aromatic heterocycles. The molecular formula is C18H22N4O2S. The molecular weight excluding hydrogens is 336 g/mol. The van der Waals surface area contributed by atoms with Crippen LogP contribution in [0.4, 0.5) is 0 Å². The standard InChI is InChI=1S/C18H22N4O2S/c1-10-14(8-19)16(21-17(24)20-10)25-9-15(23)22-18-5-11-2-12(6-18)4-13(3-11)7-18/h11-13H,2-7,9H2,1H3,(H,22,23)(H,20,21,24). The summed E-state index contributed by atoms with van der Waals surface area (Å²) in [6, 6.07) is 2.06. The lowest BCUT2D eigenvalue weighted by atomic mass is 9.53. The van der Waals surface area contributed by atoms with E-state index in [2.05, 4.69) is 21.4 Å². The minimum Gasteiger partial charge on any atom is -0.350 e. The Morgan fingerprint density at radius 1 is 1.32 bits per heavy atom. The summed E-state index contributed by atoms with van der Waals surface area (Å²) >= 11 is 1.17. The van der Waals surface area contributed by atoms with Crippen molar-refractivity contribution in [3.8, 4) is 6.07 Å². The van der Waals surface area contributed by atoms with E-state index in [4.69, 9.17) is 0 Å². The molecule has 5 rings (SSSR count). The SMILES string of the molecule is Cc1[nH]c(=O)nc(SCC(=O)NC23CC4CC(CC(C4)C2)C3)c1C#N. The highest BCUT2D eigenvalue weighted by atomic mass is 32.2. The highest BCUT2D eigenvalue weighted by Crippen LogP contribution is 2.55. The first-order valence-electron chi connectivity index (χ1n) is 8.91. The molecule has 132 valence electrons. The monoisotopic (exact) mass is 358 g/mol. The molecule has 0 unspecified atom stereocenters. The summed E-state index contributed by atoms with van der Waals surface area (Å²) < 4.78 is 0. The molecule has 0 atom stereocenters. The van der Waals surface area contributed by atoms with E-state index in [-0.39, 0.29) is 17.2 Å². The van der Waals surface area contributed by atoms with E-state index in [9.17, 15) is 14.9 Å². The lowest BCUT2D eigenvalue weighted by Crippen LogP contribution is -2.60. The van der Waals surface area contributed by atoms with Crippen LogP contribution in [0.15, 0.2) is 9.82 Å². The number of H-pyrrole nitrogens is 1. The molecule has 0 radical (unpaired) electrons. The second-order valence-corrected chi connectivity index (χ2v) is 8.96. The van der Waals surface area contributed by atoms with Crippen molar-refractivity contribution in [2.45, 2.75) is 56.0 Å². The van der Waals surface area contributed by atoms with Gasteiger partial charge >= 0.3 is 5.69 Å². The zero-order chi connectivity index (χ0) is 17.6. The molecule has 7 heteroatoms. The quantitative estimate of drug-likeness (QED) is 0.634. The van der Waals surface area contributed by atoms with Gasteiger partial charge in [-0.15, -0.1) is 0 Å². The van der Waals surface area contributed by atoms with Crippen LogP contribution in [-0.2, 0) is 4.79 Å². The summed E-state index contributed by atoms with van der Waals surface area (Å²) in [5, 5.41) is 12.9. The number of nitriles is 1. The van der Waals surface area contributed by atoms with Crippen molar-refractivity contribution in [3.63, 3.8) is 0 Å². The van der Waals surface area contributed by atoms with E-state index >= 15 is 0 Å². The molecule has 0 aliphatic heterocycles. The number of rotatable bonds is 4. The van der Waals surface area contributed by atoms with Crippen molar-refractivity contribution >= 4 is 17.7 Å². The van der Waals surface area contributed by atoms with Crippen molar-refractivity contribution < 1.29 is 4.79 Å². The fourth-order valence-electron chi connectivity index (χ4n) is 5.52. The molecule has 4 aliphatic carbocycles. The summed E-state index contributed by atoms with van der Waals surface area (Å²) in [7, 11) is 0. The zero-order valence-corrected chi connectivity index (χ0v) is 15.1. The largest absolute Gasteiger partial charge is 0.350 e. The fraction of sp³-hybridized carbons (Fsp3) is 0.667. The van der Waals surface area contributed by atoms with Gasteiger partial charge in [0.25, 0.3) is 0 Å². The maximum absolute atomic E-state index is 12.5. The molecule has 6 nitrogen and oxygen atoms in total. The molecule has 2 N–H and O–H groups in total. The predicted molar refractivity (Wildman–Crippen MR) is 94.1 cm³/mol. The van der Waals surface area contributed by atoms with Crippen LogP contribution in [0.1, 0.15) is 49.8 Å². The number of hydrogen-bond acceptors (Lipinski definition) is 5. The van der Waals surface area contributed by atoms with Crippen molar-refractivity contribution in [1.29, 1.82) is 5.26 Å². The average Bonchev–Trinajstić information content (AvgIpc) is 2.50. The first-order valence-corrected chi connectivity index (χ1v) is 9.90. The number of carbonyl (C=O) groups is 1. The van der Waals surface area contributed by atoms with Gasteiger partial charge < -0.3 is 10.3 Å². The van der Waals surface area contributed by atoms with Crippen molar-refractivity contribution in [1.82, 2.24) is 15.3 Å². The van der Waals surface area contributed by atoms with Gasteiger partial charge in [0.2, 0.25) is 5.91 Å². The van der Waals surface area contributed by atoms with E-state index in [1.54, 1.807) is 6.92 Å². The minimum absolute atomic E-state index is 0.0119. The highest BCUT2D eigenvalue weighted by Gasteiger charge is 2.51. The highest BCUT2D eigenvalue weighted by molar-refractivity contribution is 8.00. The molecule has 4 saturated carbocycles. The molecule has 0 spiro atoms. The van der Waals surface area contributed by atoms with E-state index in [1.807, 2.05) is 0 Å². The molecule has 1 aromatic rings.